The van der Waals surface area contributed by atoms with Crippen LogP contribution in [0.5, 0.6) is 5.75 Å². The number of nitrogens with one attached hydrogen (secondary N) is 2. The maximum Gasteiger partial charge on any atom is 0.264 e. The number of carbonyl (C=O) groups is 2. The molecule has 0 radical (unpaired) electrons. The van der Waals surface area contributed by atoms with Crippen molar-refractivity contribution in [1.82, 2.24) is 5.43 Å². The molecule has 11 heteroatoms. The molecule has 0 saturated heterocycles. The van der Waals surface area contributed by atoms with E-state index < -0.39 is 22.5 Å². The van der Waals surface area contributed by atoms with Crippen molar-refractivity contribution in [1.29, 1.82) is 0 Å². The lowest BCUT2D eigenvalue weighted by Crippen LogP contribution is -2.39. The van der Waals surface area contributed by atoms with Crippen LogP contribution in [0.15, 0.2) is 87.3 Å². The second kappa shape index (κ2) is 11.8. The molecule has 0 unspecified atom stereocenters. The zero-order valence-electron chi connectivity index (χ0n) is 19.9. The largest absolute Gasteiger partial charge is 0.497 e. The molecule has 36 heavy (non-hydrogen) atoms. The Bertz CT molecular complexity index is 1360. The molecular formula is C25H25BrN4O5S. The number of rotatable bonds is 9. The first-order chi connectivity index (χ1) is 17.1. The first-order valence-corrected chi connectivity index (χ1v) is 13.0. The fraction of sp³-hybridized carbons (Fsp3) is 0.160. The molecule has 2 N–H and O–H groups in total. The summed E-state index contributed by atoms with van der Waals surface area (Å²) in [6, 6.07) is 19.4. The summed E-state index contributed by atoms with van der Waals surface area (Å²) in [7, 11) is -2.64. The summed E-state index contributed by atoms with van der Waals surface area (Å²) in [6.45, 7) is 2.58. The fourth-order valence-electron chi connectivity index (χ4n) is 3.17. The molecule has 0 bridgehead atoms. The Hall–Kier alpha value is -3.70. The standard InChI is InChI=1S/C25H25BrN4O5S/c1-17(19-4-6-20(26)7-5-19)28-29-25(32)16-30(22-10-12-23(35-3)13-11-22)36(33,34)24-14-8-21(9-15-24)27-18(2)31/h4-15H,16H2,1-3H3,(H,27,31)(H,29,32)/b28-17-. The zero-order valence-corrected chi connectivity index (χ0v) is 22.3. The second-order valence-electron chi connectivity index (χ2n) is 7.65. The first-order valence-electron chi connectivity index (χ1n) is 10.7. The number of halogens is 1. The molecule has 0 fully saturated rings. The minimum Gasteiger partial charge on any atom is -0.497 e. The maximum atomic E-state index is 13.5. The monoisotopic (exact) mass is 572 g/mol. The number of carbonyl (C=O) groups excluding carboxylic acids is 2. The molecule has 0 aromatic heterocycles. The van der Waals surface area contributed by atoms with Gasteiger partial charge < -0.3 is 10.1 Å². The number of hydrogen-bond donors (Lipinski definition) is 2. The van der Waals surface area contributed by atoms with E-state index >= 15 is 0 Å². The maximum absolute atomic E-state index is 13.5. The summed E-state index contributed by atoms with van der Waals surface area (Å²) in [5, 5.41) is 6.70. The van der Waals surface area contributed by atoms with Crippen molar-refractivity contribution in [3.05, 3.63) is 82.8 Å². The topological polar surface area (TPSA) is 117 Å². The van der Waals surface area contributed by atoms with Gasteiger partial charge in [0, 0.05) is 17.1 Å². The SMILES string of the molecule is COc1ccc(N(CC(=O)N/N=C(/C)c2ccc(Br)cc2)S(=O)(=O)c2ccc(NC(C)=O)cc2)cc1. The molecule has 0 heterocycles. The van der Waals surface area contributed by atoms with E-state index in [1.54, 1.807) is 31.2 Å². The van der Waals surface area contributed by atoms with Gasteiger partial charge in [-0.2, -0.15) is 5.10 Å². The predicted octanol–water partition coefficient (Wildman–Crippen LogP) is 4.15. The number of anilines is 2. The van der Waals surface area contributed by atoms with E-state index in [9.17, 15) is 18.0 Å². The van der Waals surface area contributed by atoms with Crippen molar-refractivity contribution in [2.45, 2.75) is 18.7 Å². The summed E-state index contributed by atoms with van der Waals surface area (Å²) in [5.74, 6) is -0.364. The van der Waals surface area contributed by atoms with E-state index in [-0.39, 0.29) is 16.5 Å². The van der Waals surface area contributed by atoms with E-state index in [1.165, 1.54) is 38.3 Å². The highest BCUT2D eigenvalue weighted by atomic mass is 79.9. The van der Waals surface area contributed by atoms with Gasteiger partial charge in [0.25, 0.3) is 15.9 Å². The number of methoxy groups -OCH3 is 1. The van der Waals surface area contributed by atoms with Crippen LogP contribution < -0.4 is 19.8 Å². The molecule has 0 saturated carbocycles. The second-order valence-corrected chi connectivity index (χ2v) is 10.4. The molecule has 0 atom stereocenters. The first kappa shape index (κ1) is 26.9. The van der Waals surface area contributed by atoms with Gasteiger partial charge in [-0.15, -0.1) is 0 Å². The van der Waals surface area contributed by atoms with Gasteiger partial charge in [-0.1, -0.05) is 28.1 Å². The highest BCUT2D eigenvalue weighted by Crippen LogP contribution is 2.26. The van der Waals surface area contributed by atoms with Gasteiger partial charge in [0.2, 0.25) is 5.91 Å². The third-order valence-electron chi connectivity index (χ3n) is 5.02. The van der Waals surface area contributed by atoms with Gasteiger partial charge in [-0.3, -0.25) is 13.9 Å². The molecule has 0 aliphatic rings. The predicted molar refractivity (Wildman–Crippen MR) is 143 cm³/mol. The van der Waals surface area contributed by atoms with Crippen LogP contribution in [-0.4, -0.2) is 39.6 Å². The number of sulfonamides is 1. The average molecular weight is 573 g/mol. The van der Waals surface area contributed by atoms with Crippen LogP contribution >= 0.6 is 15.9 Å². The summed E-state index contributed by atoms with van der Waals surface area (Å²) in [6.07, 6.45) is 0. The number of amides is 2. The summed E-state index contributed by atoms with van der Waals surface area (Å²) < 4.78 is 34.1. The molecule has 0 aliphatic carbocycles. The molecular weight excluding hydrogens is 548 g/mol. The Labute approximate surface area is 218 Å². The summed E-state index contributed by atoms with van der Waals surface area (Å²) in [4.78, 5) is 24.0. The van der Waals surface area contributed by atoms with Gasteiger partial charge in [0.15, 0.2) is 0 Å². The Morgan fingerprint density at radius 2 is 1.56 bits per heavy atom. The van der Waals surface area contributed by atoms with Gasteiger partial charge in [-0.25, -0.2) is 13.8 Å². The number of benzene rings is 3. The molecule has 3 aromatic rings. The molecule has 188 valence electrons. The quantitative estimate of drug-likeness (QED) is 0.295. The number of nitrogens with zero attached hydrogens (tertiary/aromatic N) is 2. The van der Waals surface area contributed by atoms with E-state index in [0.29, 0.717) is 17.1 Å². The highest BCUT2D eigenvalue weighted by Gasteiger charge is 2.27. The van der Waals surface area contributed by atoms with E-state index in [0.717, 1.165) is 14.3 Å². The third-order valence-corrected chi connectivity index (χ3v) is 7.34. The Balaban J connectivity index is 1.87. The lowest BCUT2D eigenvalue weighted by molar-refractivity contribution is -0.119. The minimum absolute atomic E-state index is 0.0465. The summed E-state index contributed by atoms with van der Waals surface area (Å²) in [5.41, 5.74) is 4.51. The van der Waals surface area contributed by atoms with Crippen LogP contribution in [0.25, 0.3) is 0 Å². The van der Waals surface area contributed by atoms with Crippen LogP contribution in [0, 0.1) is 0 Å². The normalized spacial score (nSPS) is 11.5. The van der Waals surface area contributed by atoms with Crippen molar-refractivity contribution in [2.75, 3.05) is 23.3 Å². The smallest absolute Gasteiger partial charge is 0.264 e. The molecule has 3 aromatic carbocycles. The lowest BCUT2D eigenvalue weighted by atomic mass is 10.1. The van der Waals surface area contributed by atoms with Gasteiger partial charge in [0.05, 0.1) is 23.4 Å². The number of ether oxygens (including phenoxy) is 1. The minimum atomic E-state index is -4.14. The van der Waals surface area contributed by atoms with Gasteiger partial charge >= 0.3 is 0 Å². The average Bonchev–Trinajstić information content (AvgIpc) is 2.86. The molecule has 0 spiro atoms. The zero-order chi connectivity index (χ0) is 26.3. The number of hydrazone groups is 1. The molecule has 3 rings (SSSR count). The Morgan fingerprint density at radius 1 is 0.944 bits per heavy atom. The molecule has 2 amide bonds. The van der Waals surface area contributed by atoms with Crippen LogP contribution in [0.3, 0.4) is 0 Å². The highest BCUT2D eigenvalue weighted by molar-refractivity contribution is 9.10. The Morgan fingerprint density at radius 3 is 2.11 bits per heavy atom. The van der Waals surface area contributed by atoms with Crippen LogP contribution in [-0.2, 0) is 19.6 Å². The van der Waals surface area contributed by atoms with Crippen molar-refractivity contribution in [3.63, 3.8) is 0 Å². The van der Waals surface area contributed by atoms with Crippen LogP contribution in [0.2, 0.25) is 0 Å². The van der Waals surface area contributed by atoms with E-state index in [2.05, 4.69) is 31.8 Å². The third kappa shape index (κ3) is 6.92. The lowest BCUT2D eigenvalue weighted by Gasteiger charge is -2.24. The van der Waals surface area contributed by atoms with Crippen LogP contribution in [0.4, 0.5) is 11.4 Å². The molecule has 9 nitrogen and oxygen atoms in total. The van der Waals surface area contributed by atoms with E-state index in [1.807, 2.05) is 24.3 Å². The van der Waals surface area contributed by atoms with Gasteiger partial charge in [-0.05, 0) is 73.2 Å². The fourth-order valence-corrected chi connectivity index (χ4v) is 4.86. The van der Waals surface area contributed by atoms with Crippen molar-refractivity contribution >= 4 is 54.9 Å². The number of hydrogen-bond acceptors (Lipinski definition) is 6. The van der Waals surface area contributed by atoms with Gasteiger partial charge in [0.1, 0.15) is 12.3 Å². The van der Waals surface area contributed by atoms with Crippen LogP contribution in [0.1, 0.15) is 19.4 Å². The van der Waals surface area contributed by atoms with Crippen molar-refractivity contribution in [2.24, 2.45) is 5.10 Å². The van der Waals surface area contributed by atoms with Crippen molar-refractivity contribution in [3.8, 4) is 5.75 Å². The molecule has 0 aliphatic heterocycles. The summed E-state index contributed by atoms with van der Waals surface area (Å²) >= 11 is 3.37. The van der Waals surface area contributed by atoms with E-state index in [4.69, 9.17) is 4.74 Å². The Kier molecular flexibility index (Phi) is 8.83. The van der Waals surface area contributed by atoms with Crippen molar-refractivity contribution < 1.29 is 22.7 Å².